The predicted octanol–water partition coefficient (Wildman–Crippen LogP) is 1.86. The van der Waals surface area contributed by atoms with Crippen LogP contribution in [-0.4, -0.2) is 29.7 Å². The molecule has 0 heterocycles. The number of carbonyl (C=O) groups is 2. The van der Waals surface area contributed by atoms with E-state index in [4.69, 9.17) is 0 Å². The number of rotatable bonds is 6. The smallest absolute Gasteiger partial charge is 0.321 e. The van der Waals surface area contributed by atoms with Gasteiger partial charge in [-0.25, -0.2) is 4.79 Å². The molecule has 24 heavy (non-hydrogen) atoms. The Labute approximate surface area is 143 Å². The number of nitrogens with one attached hydrogen (secondary N) is 3. The Balaban J connectivity index is 1.93. The van der Waals surface area contributed by atoms with Crippen LogP contribution >= 0.6 is 0 Å². The third-order valence-corrected chi connectivity index (χ3v) is 4.56. The van der Waals surface area contributed by atoms with Crippen LogP contribution in [0.15, 0.2) is 59.5 Å². The zero-order chi connectivity index (χ0) is 17.4. The number of anilines is 1. The minimum atomic E-state index is -1.12. The Kier molecular flexibility index (Phi) is 6.51. The summed E-state index contributed by atoms with van der Waals surface area (Å²) in [5.74, 6) is -0.0446. The van der Waals surface area contributed by atoms with Gasteiger partial charge in [0.05, 0.1) is 23.1 Å². The predicted molar refractivity (Wildman–Crippen MR) is 94.1 cm³/mol. The van der Waals surface area contributed by atoms with Gasteiger partial charge in [0.2, 0.25) is 5.91 Å². The summed E-state index contributed by atoms with van der Waals surface area (Å²) >= 11 is 0. The molecule has 0 bridgehead atoms. The minimum Gasteiger partial charge on any atom is -0.376 e. The second-order valence-corrected chi connectivity index (χ2v) is 6.44. The van der Waals surface area contributed by atoms with Crippen LogP contribution < -0.4 is 16.0 Å². The zero-order valence-corrected chi connectivity index (χ0v) is 14.1. The number of hydrogen-bond donors (Lipinski definition) is 3. The van der Waals surface area contributed by atoms with Crippen LogP contribution in [0.3, 0.4) is 0 Å². The fourth-order valence-electron chi connectivity index (χ4n) is 1.99. The largest absolute Gasteiger partial charge is 0.376 e. The van der Waals surface area contributed by atoms with E-state index in [9.17, 15) is 13.8 Å². The molecular weight excluding hydrogens is 326 g/mol. The Morgan fingerprint density at radius 1 is 1.04 bits per heavy atom. The molecule has 0 aliphatic carbocycles. The summed E-state index contributed by atoms with van der Waals surface area (Å²) in [5.41, 5.74) is 1.62. The van der Waals surface area contributed by atoms with E-state index in [1.54, 1.807) is 0 Å². The van der Waals surface area contributed by atoms with Gasteiger partial charge in [0, 0.05) is 17.6 Å². The van der Waals surface area contributed by atoms with E-state index in [1.165, 1.54) is 7.05 Å². The standard InChI is InChI=1S/C17H19N3O3S/c1-18-17(22)20-16(21)11-19-14-7-5-6-13(10-14)12-24(23)15-8-3-2-4-9-15/h2-10,19H,11-12H2,1H3,(H2,18,20,21,22)/t24-/m0/s1. The molecule has 3 amide bonds. The van der Waals surface area contributed by atoms with Crippen LogP contribution in [0.5, 0.6) is 0 Å². The molecule has 0 spiro atoms. The van der Waals surface area contributed by atoms with Gasteiger partial charge in [0.1, 0.15) is 0 Å². The van der Waals surface area contributed by atoms with Crippen LogP contribution in [0.2, 0.25) is 0 Å². The summed E-state index contributed by atoms with van der Waals surface area (Å²) in [7, 11) is 0.312. The molecule has 2 rings (SSSR count). The highest BCUT2D eigenvalue weighted by Gasteiger charge is 2.07. The van der Waals surface area contributed by atoms with Crippen LogP contribution in [0.25, 0.3) is 0 Å². The molecular formula is C17H19N3O3S. The van der Waals surface area contributed by atoms with Crippen LogP contribution in [0.4, 0.5) is 10.5 Å². The lowest BCUT2D eigenvalue weighted by Gasteiger charge is -2.09. The molecule has 0 aliphatic heterocycles. The number of benzene rings is 2. The van der Waals surface area contributed by atoms with Crippen molar-refractivity contribution in [2.75, 3.05) is 18.9 Å². The van der Waals surface area contributed by atoms with E-state index < -0.39 is 22.7 Å². The van der Waals surface area contributed by atoms with Gasteiger partial charge in [-0.2, -0.15) is 0 Å². The first-order valence-electron chi connectivity index (χ1n) is 7.36. The molecule has 0 unspecified atom stereocenters. The zero-order valence-electron chi connectivity index (χ0n) is 13.2. The third kappa shape index (κ3) is 5.51. The maximum absolute atomic E-state index is 12.3. The van der Waals surface area contributed by atoms with Crippen LogP contribution in [0, 0.1) is 0 Å². The molecule has 0 saturated heterocycles. The number of amides is 3. The summed E-state index contributed by atoms with van der Waals surface area (Å²) in [5, 5.41) is 7.41. The highest BCUT2D eigenvalue weighted by Crippen LogP contribution is 2.15. The van der Waals surface area contributed by atoms with Crippen LogP contribution in [-0.2, 0) is 21.3 Å². The van der Waals surface area contributed by atoms with Gasteiger partial charge in [-0.05, 0) is 29.8 Å². The molecule has 7 heteroatoms. The molecule has 2 aromatic carbocycles. The molecule has 3 N–H and O–H groups in total. The lowest BCUT2D eigenvalue weighted by atomic mass is 10.2. The SMILES string of the molecule is CNC(=O)NC(=O)CNc1cccc(C[S@](=O)c2ccccc2)c1. The fraction of sp³-hybridized carbons (Fsp3) is 0.176. The molecule has 0 aliphatic rings. The molecule has 6 nitrogen and oxygen atoms in total. The van der Waals surface area contributed by atoms with Crippen molar-refractivity contribution < 1.29 is 13.8 Å². The lowest BCUT2D eigenvalue weighted by Crippen LogP contribution is -2.40. The van der Waals surface area contributed by atoms with Gasteiger partial charge in [-0.15, -0.1) is 0 Å². The van der Waals surface area contributed by atoms with E-state index in [0.29, 0.717) is 5.75 Å². The molecule has 0 aromatic heterocycles. The van der Waals surface area contributed by atoms with Crippen molar-refractivity contribution in [3.63, 3.8) is 0 Å². The maximum atomic E-state index is 12.3. The Bertz CT molecular complexity index is 735. The Morgan fingerprint density at radius 3 is 2.50 bits per heavy atom. The first kappa shape index (κ1) is 17.7. The minimum absolute atomic E-state index is 0.0291. The molecule has 0 fully saturated rings. The van der Waals surface area contributed by atoms with Gasteiger partial charge in [-0.3, -0.25) is 14.3 Å². The summed E-state index contributed by atoms with van der Waals surface area (Å²) in [6.07, 6.45) is 0. The van der Waals surface area contributed by atoms with Crippen molar-refractivity contribution >= 4 is 28.4 Å². The van der Waals surface area contributed by atoms with Crippen molar-refractivity contribution in [3.05, 3.63) is 60.2 Å². The highest BCUT2D eigenvalue weighted by atomic mass is 32.2. The van der Waals surface area contributed by atoms with Gasteiger partial charge in [0.15, 0.2) is 0 Å². The topological polar surface area (TPSA) is 87.3 Å². The van der Waals surface area contributed by atoms with Crippen molar-refractivity contribution in [1.29, 1.82) is 0 Å². The van der Waals surface area contributed by atoms with Crippen LogP contribution in [0.1, 0.15) is 5.56 Å². The van der Waals surface area contributed by atoms with Crippen molar-refractivity contribution in [2.24, 2.45) is 0 Å². The Morgan fingerprint density at radius 2 is 1.79 bits per heavy atom. The lowest BCUT2D eigenvalue weighted by molar-refractivity contribution is -0.118. The quantitative estimate of drug-likeness (QED) is 0.746. The van der Waals surface area contributed by atoms with Crippen molar-refractivity contribution in [2.45, 2.75) is 10.6 Å². The number of carbonyl (C=O) groups excluding carboxylic acids is 2. The first-order chi connectivity index (χ1) is 11.6. The highest BCUT2D eigenvalue weighted by molar-refractivity contribution is 7.84. The fourth-order valence-corrected chi connectivity index (χ4v) is 3.10. The normalized spacial score (nSPS) is 11.4. The average Bonchev–Trinajstić information content (AvgIpc) is 2.61. The van der Waals surface area contributed by atoms with E-state index in [0.717, 1.165) is 16.1 Å². The number of urea groups is 1. The van der Waals surface area contributed by atoms with Gasteiger partial charge in [-0.1, -0.05) is 30.3 Å². The van der Waals surface area contributed by atoms with Crippen molar-refractivity contribution in [1.82, 2.24) is 10.6 Å². The van der Waals surface area contributed by atoms with Crippen molar-refractivity contribution in [3.8, 4) is 0 Å². The molecule has 0 saturated carbocycles. The summed E-state index contributed by atoms with van der Waals surface area (Å²) in [6.45, 7) is -0.0291. The molecule has 1 atom stereocenters. The second-order valence-electron chi connectivity index (χ2n) is 4.98. The molecule has 126 valence electrons. The van der Waals surface area contributed by atoms with E-state index in [2.05, 4.69) is 16.0 Å². The first-order valence-corrected chi connectivity index (χ1v) is 8.68. The summed E-state index contributed by atoms with van der Waals surface area (Å²) in [4.78, 5) is 23.4. The van der Waals surface area contributed by atoms with Gasteiger partial charge < -0.3 is 10.6 Å². The molecule has 2 aromatic rings. The summed E-state index contributed by atoms with van der Waals surface area (Å²) < 4.78 is 12.3. The maximum Gasteiger partial charge on any atom is 0.321 e. The second kappa shape index (κ2) is 8.83. The molecule has 0 radical (unpaired) electrons. The van der Waals surface area contributed by atoms with E-state index in [1.807, 2.05) is 54.6 Å². The van der Waals surface area contributed by atoms with Gasteiger partial charge in [0.25, 0.3) is 0 Å². The van der Waals surface area contributed by atoms with E-state index in [-0.39, 0.29) is 6.54 Å². The Hall–Kier alpha value is -2.67. The van der Waals surface area contributed by atoms with E-state index >= 15 is 0 Å². The number of imide groups is 1. The third-order valence-electron chi connectivity index (χ3n) is 3.16. The number of hydrogen-bond acceptors (Lipinski definition) is 4. The monoisotopic (exact) mass is 345 g/mol. The van der Waals surface area contributed by atoms with Gasteiger partial charge >= 0.3 is 6.03 Å². The average molecular weight is 345 g/mol. The summed E-state index contributed by atoms with van der Waals surface area (Å²) in [6, 6.07) is 16.1.